The lowest BCUT2D eigenvalue weighted by molar-refractivity contribution is 0.195. The molecule has 4 aliphatic rings. The van der Waals surface area contributed by atoms with Gasteiger partial charge in [-0.25, -0.2) is 0 Å². The fourth-order valence-electron chi connectivity index (χ4n) is 10.4. The van der Waals surface area contributed by atoms with E-state index >= 15 is 0 Å². The van der Waals surface area contributed by atoms with E-state index in [0.29, 0.717) is 0 Å². The highest BCUT2D eigenvalue weighted by Crippen LogP contribution is 2.61. The summed E-state index contributed by atoms with van der Waals surface area (Å²) < 4.78 is 2.54. The summed E-state index contributed by atoms with van der Waals surface area (Å²) >= 11 is 7.20. The highest BCUT2D eigenvalue weighted by molar-refractivity contribution is 7.00. The third kappa shape index (κ3) is 3.22. The van der Waals surface area contributed by atoms with Crippen LogP contribution in [0.25, 0.3) is 49.7 Å². The van der Waals surface area contributed by atoms with E-state index in [4.69, 9.17) is 11.6 Å². The standard InChI is InChI=1S/C44H34BClN2/c1-43-20-9-10-21-44(43,2)48-39-26-31(46)25-38-40(39)45(35-17-11-16-34(43)42(35)48)36-24-30(28-14-7-4-8-15-28)23-33-32-22-29(27-12-5-3-6-13-27)18-19-37(32)47(38)41(33)36/h3-8,11-19,22-26H,9-10,20-21H2,1-2H3. The third-order valence-corrected chi connectivity index (χ3v) is 13.0. The second-order valence-corrected chi connectivity index (χ2v) is 15.4. The summed E-state index contributed by atoms with van der Waals surface area (Å²) in [6, 6.07) is 45.3. The van der Waals surface area contributed by atoms with Crippen LogP contribution in [-0.4, -0.2) is 16.8 Å². The molecular weight excluding hydrogens is 603 g/mol. The van der Waals surface area contributed by atoms with Crippen molar-refractivity contribution < 1.29 is 0 Å². The van der Waals surface area contributed by atoms with Crippen LogP contribution in [0.1, 0.15) is 45.1 Å². The van der Waals surface area contributed by atoms with E-state index in [1.54, 1.807) is 0 Å². The molecule has 0 radical (unpaired) electrons. The van der Waals surface area contributed by atoms with Gasteiger partial charge in [0.1, 0.15) is 0 Å². The lowest BCUT2D eigenvalue weighted by Crippen LogP contribution is -2.64. The number of anilines is 2. The molecular formula is C44H34BClN2. The summed E-state index contributed by atoms with van der Waals surface area (Å²) in [5, 5.41) is 3.38. The number of para-hydroxylation sites is 1. The van der Waals surface area contributed by atoms with Gasteiger partial charge in [0.15, 0.2) is 0 Å². The van der Waals surface area contributed by atoms with Crippen molar-refractivity contribution >= 4 is 67.9 Å². The molecule has 1 saturated carbocycles. The molecule has 0 bridgehead atoms. The van der Waals surface area contributed by atoms with Gasteiger partial charge in [-0.15, -0.1) is 0 Å². The van der Waals surface area contributed by atoms with E-state index in [0.717, 1.165) is 5.02 Å². The smallest absolute Gasteiger partial charge is 0.252 e. The van der Waals surface area contributed by atoms with Gasteiger partial charge in [-0.05, 0) is 94.3 Å². The predicted octanol–water partition coefficient (Wildman–Crippen LogP) is 9.66. The Hall–Kier alpha value is -4.73. The highest BCUT2D eigenvalue weighted by Gasteiger charge is 2.61. The molecule has 7 aromatic rings. The molecule has 11 rings (SSSR count). The maximum Gasteiger partial charge on any atom is 0.252 e. The van der Waals surface area contributed by atoms with Crippen molar-refractivity contribution in [3.63, 3.8) is 0 Å². The number of benzene rings is 6. The molecule has 4 heteroatoms. The molecule has 2 nitrogen and oxygen atoms in total. The number of rotatable bonds is 2. The summed E-state index contributed by atoms with van der Waals surface area (Å²) in [7, 11) is 0. The maximum absolute atomic E-state index is 7.20. The first kappa shape index (κ1) is 27.2. The summed E-state index contributed by atoms with van der Waals surface area (Å²) in [6.45, 7) is 5.18. The third-order valence-electron chi connectivity index (χ3n) is 12.8. The monoisotopic (exact) mass is 636 g/mol. The quantitative estimate of drug-likeness (QED) is 0.172. The second kappa shape index (κ2) is 9.24. The molecule has 0 spiro atoms. The Kier molecular flexibility index (Phi) is 5.25. The largest absolute Gasteiger partial charge is 0.335 e. The van der Waals surface area contributed by atoms with Crippen LogP contribution in [0.5, 0.6) is 0 Å². The van der Waals surface area contributed by atoms with Crippen LogP contribution in [0.2, 0.25) is 5.02 Å². The number of nitrogens with zero attached hydrogens (tertiary/aromatic N) is 2. The summed E-state index contributed by atoms with van der Waals surface area (Å²) in [4.78, 5) is 2.75. The van der Waals surface area contributed by atoms with Crippen molar-refractivity contribution in [3.05, 3.63) is 132 Å². The molecule has 2 unspecified atom stereocenters. The van der Waals surface area contributed by atoms with Crippen molar-refractivity contribution in [1.29, 1.82) is 0 Å². The average Bonchev–Trinajstić information content (AvgIpc) is 3.56. The zero-order chi connectivity index (χ0) is 31.9. The normalized spacial score (nSPS) is 21.4. The Balaban J connectivity index is 1.30. The lowest BCUT2D eigenvalue weighted by atomic mass is 9.33. The Labute approximate surface area is 286 Å². The number of hydrogen-bond acceptors (Lipinski definition) is 1. The number of hydrogen-bond donors (Lipinski definition) is 0. The Morgan fingerprint density at radius 3 is 2.12 bits per heavy atom. The number of aromatic nitrogens is 1. The van der Waals surface area contributed by atoms with Crippen LogP contribution in [-0.2, 0) is 5.41 Å². The van der Waals surface area contributed by atoms with Crippen LogP contribution < -0.4 is 21.3 Å². The molecule has 1 aliphatic carbocycles. The van der Waals surface area contributed by atoms with Gasteiger partial charge in [-0.3, -0.25) is 0 Å². The minimum Gasteiger partial charge on any atom is -0.335 e. The zero-order valence-electron chi connectivity index (χ0n) is 27.2. The van der Waals surface area contributed by atoms with E-state index < -0.39 is 0 Å². The van der Waals surface area contributed by atoms with Crippen LogP contribution in [0, 0.1) is 0 Å². The molecule has 3 aliphatic heterocycles. The molecule has 230 valence electrons. The fourth-order valence-corrected chi connectivity index (χ4v) is 10.6. The molecule has 0 amide bonds. The zero-order valence-corrected chi connectivity index (χ0v) is 28.0. The van der Waals surface area contributed by atoms with E-state index in [1.165, 1.54) is 109 Å². The van der Waals surface area contributed by atoms with E-state index in [9.17, 15) is 0 Å². The van der Waals surface area contributed by atoms with Gasteiger partial charge in [0, 0.05) is 43.8 Å². The SMILES string of the molecule is CC12CCCCC1(C)N1c3cc(Cl)cc4c3B(c3cccc2c31)c1cc(-c2ccccc2)cc2c3cc(-c5ccccc5)ccc3n-4c12. The van der Waals surface area contributed by atoms with Crippen molar-refractivity contribution in [2.75, 3.05) is 4.90 Å². The van der Waals surface area contributed by atoms with Crippen LogP contribution >= 0.6 is 11.6 Å². The topological polar surface area (TPSA) is 8.17 Å². The van der Waals surface area contributed by atoms with Gasteiger partial charge >= 0.3 is 0 Å². The number of halogens is 1. The Morgan fingerprint density at radius 1 is 0.625 bits per heavy atom. The lowest BCUT2D eigenvalue weighted by Gasteiger charge is -2.52. The minimum absolute atomic E-state index is 0.0159. The van der Waals surface area contributed by atoms with Crippen molar-refractivity contribution in [1.82, 2.24) is 4.57 Å². The number of fused-ring (bicyclic) bond motifs is 10. The molecule has 1 aromatic heterocycles. The van der Waals surface area contributed by atoms with Gasteiger partial charge in [0.05, 0.1) is 11.1 Å². The molecule has 0 N–H and O–H groups in total. The van der Waals surface area contributed by atoms with Gasteiger partial charge in [0.25, 0.3) is 6.71 Å². The van der Waals surface area contributed by atoms with Gasteiger partial charge < -0.3 is 9.47 Å². The molecule has 0 saturated heterocycles. The Morgan fingerprint density at radius 2 is 1.33 bits per heavy atom. The minimum atomic E-state index is -0.0159. The van der Waals surface area contributed by atoms with Crippen LogP contribution in [0.15, 0.2) is 121 Å². The molecule has 48 heavy (non-hydrogen) atoms. The fraction of sp³-hybridized carbons (Fsp3) is 0.182. The summed E-state index contributed by atoms with van der Waals surface area (Å²) in [5.74, 6) is 0. The van der Waals surface area contributed by atoms with E-state index in [1.807, 2.05) is 0 Å². The first-order valence-corrected chi connectivity index (χ1v) is 17.8. The highest BCUT2D eigenvalue weighted by atomic mass is 35.5. The van der Waals surface area contributed by atoms with Crippen molar-refractivity contribution in [2.24, 2.45) is 0 Å². The molecule has 6 aromatic carbocycles. The molecule has 2 atom stereocenters. The van der Waals surface area contributed by atoms with E-state index in [-0.39, 0.29) is 17.7 Å². The van der Waals surface area contributed by atoms with Crippen molar-refractivity contribution in [3.8, 4) is 27.9 Å². The first-order valence-electron chi connectivity index (χ1n) is 17.5. The van der Waals surface area contributed by atoms with Gasteiger partial charge in [-0.1, -0.05) is 122 Å². The summed E-state index contributed by atoms with van der Waals surface area (Å²) in [6.07, 6.45) is 4.93. The van der Waals surface area contributed by atoms with Crippen LogP contribution in [0.3, 0.4) is 0 Å². The molecule has 1 fully saturated rings. The predicted molar refractivity (Wildman–Crippen MR) is 204 cm³/mol. The van der Waals surface area contributed by atoms with E-state index in [2.05, 4.69) is 145 Å². The Bertz CT molecular complexity index is 2520. The summed E-state index contributed by atoms with van der Waals surface area (Å²) in [5.41, 5.74) is 17.3. The first-order chi connectivity index (χ1) is 23.5. The average molecular weight is 637 g/mol. The second-order valence-electron chi connectivity index (χ2n) is 14.9. The maximum atomic E-state index is 7.20. The van der Waals surface area contributed by atoms with Crippen molar-refractivity contribution in [2.45, 2.75) is 50.5 Å². The van der Waals surface area contributed by atoms with Gasteiger partial charge in [-0.2, -0.15) is 0 Å². The molecule has 4 heterocycles. The van der Waals surface area contributed by atoms with Gasteiger partial charge in [0.2, 0.25) is 0 Å². The van der Waals surface area contributed by atoms with Crippen LogP contribution in [0.4, 0.5) is 11.4 Å².